The number of aryl methyl sites for hydroxylation is 1. The first kappa shape index (κ1) is 11.9. The molecule has 0 aliphatic heterocycles. The Hall–Kier alpha value is -0.200. The van der Waals surface area contributed by atoms with Crippen LogP contribution in [0.15, 0.2) is 24.3 Å². The lowest BCUT2D eigenvalue weighted by Crippen LogP contribution is -2.36. The average molecular weight is 322 g/mol. The Morgan fingerprint density at radius 3 is 2.79 bits per heavy atom. The van der Waals surface area contributed by atoms with Crippen LogP contribution in [0.4, 0.5) is 0 Å². The minimum atomic E-state index is 0. The van der Waals surface area contributed by atoms with Crippen molar-refractivity contribution in [2.75, 3.05) is 6.61 Å². The molecular formula is C10H13INOS+. The minimum Gasteiger partial charge on any atom is -0.390 e. The minimum absolute atomic E-state index is 0. The Bertz CT molecular complexity index is 427. The fraction of sp³-hybridized carbons (Fsp3) is 0.300. The summed E-state index contributed by atoms with van der Waals surface area (Å²) in [6.07, 6.45) is 0. The van der Waals surface area contributed by atoms with Gasteiger partial charge in [-0.15, -0.1) is 24.0 Å². The van der Waals surface area contributed by atoms with Crippen molar-refractivity contribution in [3.63, 3.8) is 0 Å². The highest BCUT2D eigenvalue weighted by Crippen LogP contribution is 2.18. The zero-order chi connectivity index (χ0) is 9.26. The number of halogens is 1. The Kier molecular flexibility index (Phi) is 4.28. The number of fused-ring (bicyclic) bond motifs is 1. The van der Waals surface area contributed by atoms with Crippen LogP contribution in [0.1, 0.15) is 5.01 Å². The third-order valence-corrected chi connectivity index (χ3v) is 3.20. The topological polar surface area (TPSA) is 24.1 Å². The van der Waals surface area contributed by atoms with Gasteiger partial charge in [-0.1, -0.05) is 23.5 Å². The molecule has 0 fully saturated rings. The molecule has 0 saturated carbocycles. The fourth-order valence-corrected chi connectivity index (χ4v) is 2.58. The summed E-state index contributed by atoms with van der Waals surface area (Å²) in [6.45, 7) is 2.97. The normalized spacial score (nSPS) is 10.1. The quantitative estimate of drug-likeness (QED) is 0.665. The molecule has 1 N–H and O–H groups in total. The number of hydrogen-bond donors (Lipinski definition) is 1. The third kappa shape index (κ3) is 2.07. The Balaban J connectivity index is 0.000000980. The zero-order valence-corrected chi connectivity index (χ0v) is 11.1. The maximum Gasteiger partial charge on any atom is 0.235 e. The molecule has 1 aromatic heterocycles. The fourth-order valence-electron chi connectivity index (χ4n) is 1.53. The molecule has 14 heavy (non-hydrogen) atoms. The number of nitrogens with zero attached hydrogens (tertiary/aromatic N) is 1. The van der Waals surface area contributed by atoms with Gasteiger partial charge in [0.05, 0.1) is 0 Å². The van der Waals surface area contributed by atoms with Gasteiger partial charge in [0.25, 0.3) is 0 Å². The van der Waals surface area contributed by atoms with E-state index >= 15 is 0 Å². The van der Waals surface area contributed by atoms with Gasteiger partial charge in [-0.2, -0.15) is 4.57 Å². The van der Waals surface area contributed by atoms with Gasteiger partial charge in [0.15, 0.2) is 6.54 Å². The molecule has 2 rings (SSSR count). The van der Waals surface area contributed by atoms with Gasteiger partial charge in [0, 0.05) is 13.0 Å². The molecule has 0 aliphatic rings. The SMILES string of the molecule is Cc1sc2ccccc2[n+]1CCO.I. The lowest BCUT2D eigenvalue weighted by Gasteiger charge is -1.91. The highest BCUT2D eigenvalue weighted by molar-refractivity contribution is 14.0. The van der Waals surface area contributed by atoms with Crippen molar-refractivity contribution in [1.29, 1.82) is 0 Å². The molecular weight excluding hydrogens is 309 g/mol. The summed E-state index contributed by atoms with van der Waals surface area (Å²) in [5.74, 6) is 0. The molecule has 1 aromatic carbocycles. The van der Waals surface area contributed by atoms with Crippen LogP contribution in [0.2, 0.25) is 0 Å². The number of aromatic nitrogens is 1. The van der Waals surface area contributed by atoms with Crippen LogP contribution in [0.25, 0.3) is 10.2 Å². The molecule has 0 spiro atoms. The van der Waals surface area contributed by atoms with Crippen LogP contribution in [-0.2, 0) is 6.54 Å². The number of thiazole rings is 1. The number of aliphatic hydroxyl groups is 1. The summed E-state index contributed by atoms with van der Waals surface area (Å²) in [6, 6.07) is 8.28. The summed E-state index contributed by atoms with van der Waals surface area (Å²) in [4.78, 5) is 0. The Morgan fingerprint density at radius 1 is 1.36 bits per heavy atom. The molecule has 0 saturated heterocycles. The molecule has 2 nitrogen and oxygen atoms in total. The summed E-state index contributed by atoms with van der Waals surface area (Å²) in [5.41, 5.74) is 1.22. The maximum absolute atomic E-state index is 8.91. The third-order valence-electron chi connectivity index (χ3n) is 2.12. The van der Waals surface area contributed by atoms with E-state index in [1.807, 2.05) is 12.1 Å². The Morgan fingerprint density at radius 2 is 2.07 bits per heavy atom. The molecule has 0 aliphatic carbocycles. The van der Waals surface area contributed by atoms with Crippen molar-refractivity contribution in [3.05, 3.63) is 29.3 Å². The molecule has 1 heterocycles. The van der Waals surface area contributed by atoms with Crippen molar-refractivity contribution in [2.45, 2.75) is 13.5 Å². The first-order valence-electron chi connectivity index (χ1n) is 4.32. The second kappa shape index (κ2) is 5.04. The molecule has 0 unspecified atom stereocenters. The molecule has 0 radical (unpaired) electrons. The maximum atomic E-state index is 8.91. The molecule has 0 atom stereocenters. The van der Waals surface area contributed by atoms with Crippen LogP contribution < -0.4 is 4.57 Å². The van der Waals surface area contributed by atoms with Crippen LogP contribution >= 0.6 is 35.3 Å². The van der Waals surface area contributed by atoms with Crippen molar-refractivity contribution in [1.82, 2.24) is 0 Å². The van der Waals surface area contributed by atoms with E-state index in [2.05, 4.69) is 23.6 Å². The van der Waals surface area contributed by atoms with E-state index in [1.54, 1.807) is 11.3 Å². The number of para-hydroxylation sites is 1. The first-order chi connectivity index (χ1) is 6.33. The zero-order valence-electron chi connectivity index (χ0n) is 7.93. The van der Waals surface area contributed by atoms with E-state index in [9.17, 15) is 0 Å². The predicted octanol–water partition coefficient (Wildman–Crippen LogP) is 2.11. The van der Waals surface area contributed by atoms with Crippen molar-refractivity contribution >= 4 is 45.5 Å². The number of rotatable bonds is 2. The smallest absolute Gasteiger partial charge is 0.235 e. The van der Waals surface area contributed by atoms with E-state index < -0.39 is 0 Å². The molecule has 0 bridgehead atoms. The van der Waals surface area contributed by atoms with E-state index in [1.165, 1.54) is 15.2 Å². The van der Waals surface area contributed by atoms with Crippen molar-refractivity contribution < 1.29 is 9.67 Å². The van der Waals surface area contributed by atoms with Crippen molar-refractivity contribution in [2.24, 2.45) is 0 Å². The number of benzene rings is 1. The van der Waals surface area contributed by atoms with Crippen molar-refractivity contribution in [3.8, 4) is 0 Å². The second-order valence-corrected chi connectivity index (χ2v) is 4.20. The lowest BCUT2D eigenvalue weighted by atomic mass is 10.3. The van der Waals surface area contributed by atoms with E-state index in [0.29, 0.717) is 6.54 Å². The van der Waals surface area contributed by atoms with Crippen LogP contribution in [0.5, 0.6) is 0 Å². The Labute approximate surface area is 104 Å². The molecule has 76 valence electrons. The van der Waals surface area contributed by atoms with Gasteiger partial charge < -0.3 is 5.11 Å². The van der Waals surface area contributed by atoms with Gasteiger partial charge in [-0.3, -0.25) is 0 Å². The molecule has 2 aromatic rings. The largest absolute Gasteiger partial charge is 0.390 e. The molecule has 4 heteroatoms. The van der Waals surface area contributed by atoms with Gasteiger partial charge in [-0.05, 0) is 6.07 Å². The monoisotopic (exact) mass is 322 g/mol. The predicted molar refractivity (Wildman–Crippen MR) is 69.3 cm³/mol. The van der Waals surface area contributed by atoms with E-state index in [0.717, 1.165) is 0 Å². The summed E-state index contributed by atoms with van der Waals surface area (Å²) in [5, 5.41) is 10.2. The van der Waals surface area contributed by atoms with E-state index in [4.69, 9.17) is 5.11 Å². The molecule has 0 amide bonds. The second-order valence-electron chi connectivity index (χ2n) is 2.96. The van der Waals surface area contributed by atoms with Gasteiger partial charge in [0.1, 0.15) is 11.3 Å². The number of aliphatic hydroxyl groups excluding tert-OH is 1. The van der Waals surface area contributed by atoms with Crippen LogP contribution in [-0.4, -0.2) is 11.7 Å². The highest BCUT2D eigenvalue weighted by Gasteiger charge is 2.14. The lowest BCUT2D eigenvalue weighted by molar-refractivity contribution is -0.674. The van der Waals surface area contributed by atoms with Crippen LogP contribution in [0.3, 0.4) is 0 Å². The van der Waals surface area contributed by atoms with Gasteiger partial charge in [0.2, 0.25) is 10.5 Å². The summed E-state index contributed by atoms with van der Waals surface area (Å²) in [7, 11) is 0. The standard InChI is InChI=1S/C10H12NOS.HI/c1-8-11(6-7-12)9-4-2-3-5-10(9)13-8;/h2-5,12H,6-7H2,1H3;1H/q+1;. The summed E-state index contributed by atoms with van der Waals surface area (Å²) >= 11 is 1.77. The average Bonchev–Trinajstić information content (AvgIpc) is 2.44. The van der Waals surface area contributed by atoms with E-state index in [-0.39, 0.29) is 30.6 Å². The highest BCUT2D eigenvalue weighted by atomic mass is 127. The summed E-state index contributed by atoms with van der Waals surface area (Å²) < 4.78 is 3.44. The first-order valence-corrected chi connectivity index (χ1v) is 5.13. The number of hydrogen-bond acceptors (Lipinski definition) is 2. The van der Waals surface area contributed by atoms with Gasteiger partial charge in [-0.25, -0.2) is 0 Å². The van der Waals surface area contributed by atoms with Crippen LogP contribution in [0, 0.1) is 6.92 Å². The van der Waals surface area contributed by atoms with Gasteiger partial charge >= 0.3 is 0 Å².